The number of carbonyl (C=O) groups is 1. The van der Waals surface area contributed by atoms with Crippen LogP contribution in [-0.2, 0) is 11.2 Å². The Labute approximate surface area is 168 Å². The lowest BCUT2D eigenvalue weighted by molar-refractivity contribution is 0.0603. The van der Waals surface area contributed by atoms with Crippen molar-refractivity contribution in [3.63, 3.8) is 0 Å². The Morgan fingerprint density at radius 2 is 1.96 bits per heavy atom. The van der Waals surface area contributed by atoms with Crippen molar-refractivity contribution in [3.8, 4) is 6.07 Å². The summed E-state index contributed by atoms with van der Waals surface area (Å²) in [5.41, 5.74) is 1.91. The maximum absolute atomic E-state index is 12.2. The van der Waals surface area contributed by atoms with Gasteiger partial charge in [-0.3, -0.25) is 4.90 Å². The van der Waals surface area contributed by atoms with Crippen LogP contribution in [0.25, 0.3) is 0 Å². The molecule has 28 heavy (non-hydrogen) atoms. The first kappa shape index (κ1) is 22.1. The Kier molecular flexibility index (Phi) is 7.73. The van der Waals surface area contributed by atoms with Crippen molar-refractivity contribution in [2.24, 2.45) is 4.99 Å². The lowest BCUT2D eigenvalue weighted by Gasteiger charge is -2.38. The molecule has 1 heterocycles. The highest BCUT2D eigenvalue weighted by Crippen LogP contribution is 2.13. The summed E-state index contributed by atoms with van der Waals surface area (Å²) >= 11 is 0. The Bertz CT molecular complexity index is 728. The first-order chi connectivity index (χ1) is 13.2. The van der Waals surface area contributed by atoms with Gasteiger partial charge in [0.1, 0.15) is 5.60 Å². The Hall–Kier alpha value is -2.23. The summed E-state index contributed by atoms with van der Waals surface area (Å²) in [5.74, 6) is 0. The molecule has 1 fully saturated rings. The third-order valence-corrected chi connectivity index (χ3v) is 4.79. The fraction of sp³-hybridized carbons (Fsp3) is 0.591. The van der Waals surface area contributed by atoms with E-state index in [0.29, 0.717) is 24.4 Å². The van der Waals surface area contributed by atoms with Crippen LogP contribution in [-0.4, -0.2) is 66.5 Å². The van der Waals surface area contributed by atoms with Gasteiger partial charge in [0.05, 0.1) is 11.6 Å². The van der Waals surface area contributed by atoms with Crippen molar-refractivity contribution in [3.05, 3.63) is 35.4 Å². The van der Waals surface area contributed by atoms with Crippen LogP contribution in [0.4, 0.5) is 4.79 Å². The van der Waals surface area contributed by atoms with Crippen molar-refractivity contribution in [1.29, 1.82) is 5.26 Å². The second kappa shape index (κ2) is 9.81. The van der Waals surface area contributed by atoms with Gasteiger partial charge in [0, 0.05) is 44.4 Å². The van der Waals surface area contributed by atoms with Crippen LogP contribution in [0.15, 0.2) is 29.3 Å². The Balaban J connectivity index is 2.08. The van der Waals surface area contributed by atoms with Crippen LogP contribution in [0.2, 0.25) is 0 Å². The minimum Gasteiger partial charge on any atom is -0.442 e. The molecule has 1 aliphatic rings. The molecular formula is C22H32N4O2. The van der Waals surface area contributed by atoms with E-state index in [9.17, 15) is 4.79 Å². The number of benzene rings is 1. The van der Waals surface area contributed by atoms with E-state index in [0.717, 1.165) is 37.5 Å². The zero-order chi connectivity index (χ0) is 20.7. The van der Waals surface area contributed by atoms with Gasteiger partial charge in [-0.1, -0.05) is 12.1 Å². The number of rotatable bonds is 5. The van der Waals surface area contributed by atoms with E-state index in [1.165, 1.54) is 0 Å². The fourth-order valence-electron chi connectivity index (χ4n) is 3.31. The molecule has 0 aromatic heterocycles. The van der Waals surface area contributed by atoms with Crippen molar-refractivity contribution < 1.29 is 9.53 Å². The number of amides is 1. The maximum Gasteiger partial charge on any atom is 0.434 e. The van der Waals surface area contributed by atoms with Crippen molar-refractivity contribution in [2.45, 2.75) is 52.2 Å². The van der Waals surface area contributed by atoms with Crippen LogP contribution in [0, 0.1) is 11.3 Å². The summed E-state index contributed by atoms with van der Waals surface area (Å²) in [6.45, 7) is 11.8. The number of nitrogens with zero attached hydrogens (tertiary/aromatic N) is 4. The molecule has 1 atom stereocenters. The zero-order valence-electron chi connectivity index (χ0n) is 17.7. The van der Waals surface area contributed by atoms with E-state index < -0.39 is 11.7 Å². The molecule has 6 nitrogen and oxygen atoms in total. The van der Waals surface area contributed by atoms with Gasteiger partial charge in [0.15, 0.2) is 0 Å². The predicted octanol–water partition coefficient (Wildman–Crippen LogP) is 3.50. The van der Waals surface area contributed by atoms with Gasteiger partial charge < -0.3 is 9.64 Å². The highest BCUT2D eigenvalue weighted by atomic mass is 16.6. The molecule has 0 bridgehead atoms. The molecule has 0 N–H and O–H groups in total. The van der Waals surface area contributed by atoms with Crippen molar-refractivity contribution in [2.75, 3.05) is 33.2 Å². The van der Waals surface area contributed by atoms with Gasteiger partial charge in [-0.25, -0.2) is 4.79 Å². The second-order valence-corrected chi connectivity index (χ2v) is 8.54. The predicted molar refractivity (Wildman–Crippen MR) is 112 cm³/mol. The van der Waals surface area contributed by atoms with Crippen molar-refractivity contribution in [1.82, 2.24) is 9.80 Å². The molecule has 2 rings (SSSR count). The number of piperazine rings is 1. The average molecular weight is 385 g/mol. The number of likely N-dealkylation sites (N-methyl/N-ethyl adjacent to an activating group) is 1. The summed E-state index contributed by atoms with van der Waals surface area (Å²) in [6, 6.07) is 10.0. The molecule has 0 aliphatic carbocycles. The van der Waals surface area contributed by atoms with Crippen LogP contribution in [0.3, 0.4) is 0 Å². The van der Waals surface area contributed by atoms with E-state index in [4.69, 9.17) is 10.00 Å². The Morgan fingerprint density at radius 3 is 2.54 bits per heavy atom. The van der Waals surface area contributed by atoms with E-state index >= 15 is 0 Å². The molecule has 1 aromatic rings. The summed E-state index contributed by atoms with van der Waals surface area (Å²) < 4.78 is 5.38. The molecule has 1 saturated heterocycles. The molecule has 0 unspecified atom stereocenters. The Morgan fingerprint density at radius 1 is 1.29 bits per heavy atom. The van der Waals surface area contributed by atoms with Crippen LogP contribution >= 0.6 is 0 Å². The first-order valence-electron chi connectivity index (χ1n) is 9.87. The summed E-state index contributed by atoms with van der Waals surface area (Å²) in [7, 11) is 2.15. The third kappa shape index (κ3) is 7.41. The van der Waals surface area contributed by atoms with E-state index in [-0.39, 0.29) is 0 Å². The van der Waals surface area contributed by atoms with Gasteiger partial charge in [-0.05, 0) is 58.9 Å². The van der Waals surface area contributed by atoms with Crippen LogP contribution < -0.4 is 0 Å². The number of aliphatic imine (C=N–C) groups is 1. The standard InChI is InChI=1S/C22H32N4O2/c1-17-16-25(5)12-13-26(17)11-10-20(24-21(27)28-22(2,3)4)14-18-6-8-19(15-23)9-7-18/h6-9,17H,10-14,16H2,1-5H3/t17-/m0/s1. The number of ether oxygens (including phenoxy) is 1. The molecular weight excluding hydrogens is 352 g/mol. The first-order valence-corrected chi connectivity index (χ1v) is 9.87. The summed E-state index contributed by atoms with van der Waals surface area (Å²) in [4.78, 5) is 21.3. The molecule has 1 aromatic carbocycles. The van der Waals surface area contributed by atoms with Crippen LogP contribution in [0.5, 0.6) is 0 Å². The minimum absolute atomic E-state index is 0.483. The number of nitriles is 1. The highest BCUT2D eigenvalue weighted by molar-refractivity contribution is 5.94. The second-order valence-electron chi connectivity index (χ2n) is 8.54. The van der Waals surface area contributed by atoms with Gasteiger partial charge in [-0.2, -0.15) is 10.3 Å². The zero-order valence-corrected chi connectivity index (χ0v) is 17.7. The molecule has 1 amide bonds. The van der Waals surface area contributed by atoms with E-state index in [2.05, 4.69) is 34.8 Å². The monoisotopic (exact) mass is 384 g/mol. The van der Waals surface area contributed by atoms with Gasteiger partial charge in [0.25, 0.3) is 0 Å². The number of carbonyl (C=O) groups excluding carboxylic acids is 1. The lowest BCUT2D eigenvalue weighted by atomic mass is 10.0. The molecule has 6 heteroatoms. The molecule has 1 aliphatic heterocycles. The van der Waals surface area contributed by atoms with E-state index in [1.807, 2.05) is 32.9 Å². The third-order valence-electron chi connectivity index (χ3n) is 4.79. The SMILES string of the molecule is C[C@H]1CN(C)CCN1CCC(Cc1ccc(C#N)cc1)=NC(=O)OC(C)(C)C. The summed E-state index contributed by atoms with van der Waals surface area (Å²) in [5, 5.41) is 8.97. The minimum atomic E-state index is -0.563. The number of hydrogen-bond donors (Lipinski definition) is 0. The normalized spacial score (nSPS) is 19.3. The maximum atomic E-state index is 12.2. The van der Waals surface area contributed by atoms with Crippen molar-refractivity contribution >= 4 is 11.8 Å². The quantitative estimate of drug-likeness (QED) is 0.727. The average Bonchev–Trinajstić information content (AvgIpc) is 2.59. The fourth-order valence-corrected chi connectivity index (χ4v) is 3.31. The molecule has 0 spiro atoms. The molecule has 0 radical (unpaired) electrons. The van der Waals surface area contributed by atoms with Gasteiger partial charge in [0.2, 0.25) is 0 Å². The highest BCUT2D eigenvalue weighted by Gasteiger charge is 2.22. The van der Waals surface area contributed by atoms with E-state index in [1.54, 1.807) is 12.1 Å². The molecule has 152 valence electrons. The van der Waals surface area contributed by atoms with Gasteiger partial charge in [-0.15, -0.1) is 0 Å². The lowest BCUT2D eigenvalue weighted by Crippen LogP contribution is -2.50. The van der Waals surface area contributed by atoms with Crippen LogP contribution in [0.1, 0.15) is 45.2 Å². The smallest absolute Gasteiger partial charge is 0.434 e. The number of hydrogen-bond acceptors (Lipinski definition) is 5. The largest absolute Gasteiger partial charge is 0.442 e. The van der Waals surface area contributed by atoms with Gasteiger partial charge >= 0.3 is 6.09 Å². The molecule has 0 saturated carbocycles. The topological polar surface area (TPSA) is 68.9 Å². The summed E-state index contributed by atoms with van der Waals surface area (Å²) in [6.07, 6.45) is 0.753.